The maximum absolute atomic E-state index is 12.5. The molecule has 0 aromatic carbocycles. The van der Waals surface area contributed by atoms with Gasteiger partial charge in [-0.15, -0.1) is 0 Å². The minimum absolute atomic E-state index is 0.00600. The van der Waals surface area contributed by atoms with E-state index in [2.05, 4.69) is 15.6 Å². The molecule has 0 radical (unpaired) electrons. The van der Waals surface area contributed by atoms with Crippen LogP contribution in [0.5, 0.6) is 0 Å². The fraction of sp³-hybridized carbons (Fsp3) is 0.692. The summed E-state index contributed by atoms with van der Waals surface area (Å²) in [6.45, 7) is 0.228. The highest BCUT2D eigenvalue weighted by atomic mass is 19.4. The molecule has 0 bridgehead atoms. The molecule has 1 aliphatic rings. The fourth-order valence-electron chi connectivity index (χ4n) is 2.42. The second-order valence-electron chi connectivity index (χ2n) is 5.27. The zero-order chi connectivity index (χ0) is 15.5. The maximum atomic E-state index is 12.5. The largest absolute Gasteiger partial charge is 0.393 e. The van der Waals surface area contributed by atoms with Gasteiger partial charge in [0.05, 0.1) is 12.0 Å². The maximum Gasteiger partial charge on any atom is 0.393 e. The van der Waals surface area contributed by atoms with E-state index in [0.29, 0.717) is 13.0 Å². The normalized spacial score (nSPS) is 23.0. The Bertz CT molecular complexity index is 478. The zero-order valence-electron chi connectivity index (χ0n) is 11.8. The SMILES string of the molecule is Cn1ccnc1CCNC(=O)C1CCC(C(F)(F)F)CN1. The van der Waals surface area contributed by atoms with Crippen LogP contribution < -0.4 is 10.6 Å². The van der Waals surface area contributed by atoms with E-state index in [4.69, 9.17) is 0 Å². The molecular formula is C13H19F3N4O. The molecule has 1 amide bonds. The van der Waals surface area contributed by atoms with E-state index < -0.39 is 18.1 Å². The number of rotatable bonds is 4. The first-order valence-corrected chi connectivity index (χ1v) is 6.92. The molecule has 2 unspecified atom stereocenters. The zero-order valence-corrected chi connectivity index (χ0v) is 11.8. The van der Waals surface area contributed by atoms with Gasteiger partial charge in [-0.25, -0.2) is 4.98 Å². The molecular weight excluding hydrogens is 285 g/mol. The second-order valence-corrected chi connectivity index (χ2v) is 5.27. The number of piperidine rings is 1. The molecule has 2 heterocycles. The van der Waals surface area contributed by atoms with E-state index in [1.165, 1.54) is 0 Å². The van der Waals surface area contributed by atoms with Crippen LogP contribution in [-0.4, -0.2) is 40.8 Å². The molecule has 118 valence electrons. The molecule has 8 heteroatoms. The summed E-state index contributed by atoms with van der Waals surface area (Å²) in [5.41, 5.74) is 0. The van der Waals surface area contributed by atoms with E-state index in [-0.39, 0.29) is 25.3 Å². The predicted octanol–water partition coefficient (Wildman–Crippen LogP) is 1.01. The molecule has 1 aliphatic heterocycles. The van der Waals surface area contributed by atoms with Crippen molar-refractivity contribution >= 4 is 5.91 Å². The average molecular weight is 304 g/mol. The number of hydrogen-bond donors (Lipinski definition) is 2. The van der Waals surface area contributed by atoms with Crippen LogP contribution in [0.15, 0.2) is 12.4 Å². The van der Waals surface area contributed by atoms with Crippen molar-refractivity contribution in [1.29, 1.82) is 0 Å². The number of aryl methyl sites for hydroxylation is 1. The summed E-state index contributed by atoms with van der Waals surface area (Å²) in [6, 6.07) is -0.537. The lowest BCUT2D eigenvalue weighted by atomic mass is 9.94. The number of imidazole rings is 1. The van der Waals surface area contributed by atoms with Gasteiger partial charge in [0.15, 0.2) is 0 Å². The number of carbonyl (C=O) groups excluding carboxylic acids is 1. The lowest BCUT2D eigenvalue weighted by molar-refractivity contribution is -0.180. The molecule has 5 nitrogen and oxygen atoms in total. The number of nitrogens with zero attached hydrogens (tertiary/aromatic N) is 2. The molecule has 0 aliphatic carbocycles. The summed E-state index contributed by atoms with van der Waals surface area (Å²) in [7, 11) is 1.87. The van der Waals surface area contributed by atoms with Crippen molar-refractivity contribution in [2.75, 3.05) is 13.1 Å². The standard InChI is InChI=1S/C13H19F3N4O/c1-20-7-6-17-11(20)4-5-18-12(21)10-3-2-9(8-19-10)13(14,15)16/h6-7,9-10,19H,2-5,8H2,1H3,(H,18,21). The third-order valence-electron chi connectivity index (χ3n) is 3.76. The lowest BCUT2D eigenvalue weighted by Gasteiger charge is -2.30. The number of aromatic nitrogens is 2. The summed E-state index contributed by atoms with van der Waals surface area (Å²) >= 11 is 0. The number of nitrogens with one attached hydrogen (secondary N) is 2. The van der Waals surface area contributed by atoms with E-state index in [1.807, 2.05) is 17.8 Å². The number of halogens is 3. The van der Waals surface area contributed by atoms with Crippen LogP contribution in [0, 0.1) is 5.92 Å². The second kappa shape index (κ2) is 6.46. The smallest absolute Gasteiger partial charge is 0.354 e. The third-order valence-corrected chi connectivity index (χ3v) is 3.76. The van der Waals surface area contributed by atoms with Gasteiger partial charge >= 0.3 is 6.18 Å². The number of amides is 1. The van der Waals surface area contributed by atoms with Gasteiger partial charge in [0, 0.05) is 39.0 Å². The highest BCUT2D eigenvalue weighted by molar-refractivity contribution is 5.81. The summed E-state index contributed by atoms with van der Waals surface area (Å²) in [5.74, 6) is -0.747. The number of carbonyl (C=O) groups is 1. The van der Waals surface area contributed by atoms with Crippen molar-refractivity contribution < 1.29 is 18.0 Å². The minimum atomic E-state index is -4.19. The van der Waals surface area contributed by atoms with E-state index in [9.17, 15) is 18.0 Å². The average Bonchev–Trinajstić information content (AvgIpc) is 2.83. The Kier molecular flexibility index (Phi) is 4.87. The van der Waals surface area contributed by atoms with Crippen molar-refractivity contribution in [2.45, 2.75) is 31.5 Å². The van der Waals surface area contributed by atoms with Crippen LogP contribution in [0.25, 0.3) is 0 Å². The van der Waals surface area contributed by atoms with Crippen molar-refractivity contribution in [1.82, 2.24) is 20.2 Å². The first kappa shape index (κ1) is 15.8. The number of alkyl halides is 3. The van der Waals surface area contributed by atoms with Gasteiger partial charge in [-0.3, -0.25) is 4.79 Å². The van der Waals surface area contributed by atoms with Crippen molar-refractivity contribution in [3.8, 4) is 0 Å². The van der Waals surface area contributed by atoms with Crippen molar-refractivity contribution in [3.63, 3.8) is 0 Å². The van der Waals surface area contributed by atoms with E-state index in [0.717, 1.165) is 5.82 Å². The lowest BCUT2D eigenvalue weighted by Crippen LogP contribution is -2.51. The molecule has 2 N–H and O–H groups in total. The summed E-state index contributed by atoms with van der Waals surface area (Å²) < 4.78 is 39.4. The third kappa shape index (κ3) is 4.20. The summed E-state index contributed by atoms with van der Waals surface area (Å²) in [4.78, 5) is 16.0. The molecule has 2 rings (SSSR count). The minimum Gasteiger partial charge on any atom is -0.354 e. The van der Waals surface area contributed by atoms with Crippen molar-refractivity contribution in [2.24, 2.45) is 13.0 Å². The Balaban J connectivity index is 1.71. The van der Waals surface area contributed by atoms with Crippen molar-refractivity contribution in [3.05, 3.63) is 18.2 Å². The number of hydrogen-bond acceptors (Lipinski definition) is 3. The van der Waals surface area contributed by atoms with Crippen LogP contribution >= 0.6 is 0 Å². The predicted molar refractivity (Wildman–Crippen MR) is 70.5 cm³/mol. The Morgan fingerprint density at radius 1 is 1.52 bits per heavy atom. The van der Waals surface area contributed by atoms with Gasteiger partial charge in [0.1, 0.15) is 5.82 Å². The molecule has 1 aromatic rings. The monoisotopic (exact) mass is 304 g/mol. The molecule has 0 spiro atoms. The van der Waals surface area contributed by atoms with Crippen LogP contribution in [-0.2, 0) is 18.3 Å². The van der Waals surface area contributed by atoms with Gasteiger partial charge in [0.2, 0.25) is 5.91 Å². The van der Waals surface area contributed by atoms with Gasteiger partial charge in [-0.1, -0.05) is 0 Å². The molecule has 1 saturated heterocycles. The molecule has 1 fully saturated rings. The highest BCUT2D eigenvalue weighted by Crippen LogP contribution is 2.31. The van der Waals surface area contributed by atoms with Crippen LogP contribution in [0.4, 0.5) is 13.2 Å². The first-order chi connectivity index (χ1) is 9.88. The van der Waals surface area contributed by atoms with Gasteiger partial charge in [0.25, 0.3) is 0 Å². The van der Waals surface area contributed by atoms with Gasteiger partial charge in [-0.05, 0) is 12.8 Å². The Labute approximate surface area is 120 Å². The molecule has 0 saturated carbocycles. The Morgan fingerprint density at radius 2 is 2.29 bits per heavy atom. The molecule has 21 heavy (non-hydrogen) atoms. The van der Waals surface area contributed by atoms with Crippen LogP contribution in [0.3, 0.4) is 0 Å². The summed E-state index contributed by atoms with van der Waals surface area (Å²) in [5, 5.41) is 5.41. The topological polar surface area (TPSA) is 59.0 Å². The molecule has 1 aromatic heterocycles. The Morgan fingerprint density at radius 3 is 2.81 bits per heavy atom. The van der Waals surface area contributed by atoms with Gasteiger partial charge in [-0.2, -0.15) is 13.2 Å². The Hall–Kier alpha value is -1.57. The van der Waals surface area contributed by atoms with Gasteiger partial charge < -0.3 is 15.2 Å². The van der Waals surface area contributed by atoms with E-state index in [1.54, 1.807) is 6.20 Å². The molecule has 2 atom stereocenters. The summed E-state index contributed by atoms with van der Waals surface area (Å²) in [6.07, 6.45) is 0.0976. The van der Waals surface area contributed by atoms with Crippen LogP contribution in [0.1, 0.15) is 18.7 Å². The quantitative estimate of drug-likeness (QED) is 0.873. The fourth-order valence-corrected chi connectivity index (χ4v) is 2.42. The van der Waals surface area contributed by atoms with Crippen LogP contribution in [0.2, 0.25) is 0 Å². The highest BCUT2D eigenvalue weighted by Gasteiger charge is 2.42. The van der Waals surface area contributed by atoms with E-state index >= 15 is 0 Å². The first-order valence-electron chi connectivity index (χ1n) is 6.92.